The average Bonchev–Trinajstić information content (AvgIpc) is 3.42. The molecule has 1 aromatic heterocycles. The molecule has 0 saturated heterocycles. The number of carbonyl (C=O) groups excluding carboxylic acids is 1. The van der Waals surface area contributed by atoms with Crippen LogP contribution < -0.4 is 14.4 Å². The first-order chi connectivity index (χ1) is 16.5. The molecule has 0 N–H and O–H groups in total. The number of ether oxygens (including phenoxy) is 2. The van der Waals surface area contributed by atoms with Gasteiger partial charge in [-0.1, -0.05) is 30.8 Å². The number of hydrogen-bond donors (Lipinski definition) is 0. The van der Waals surface area contributed by atoms with Crippen LogP contribution in [0.1, 0.15) is 24.3 Å². The summed E-state index contributed by atoms with van der Waals surface area (Å²) in [4.78, 5) is 19.2. The van der Waals surface area contributed by atoms with E-state index < -0.39 is 6.61 Å². The van der Waals surface area contributed by atoms with E-state index in [1.165, 1.54) is 40.9 Å². The summed E-state index contributed by atoms with van der Waals surface area (Å²) in [5, 5.41) is 8.33. The van der Waals surface area contributed by atoms with Crippen molar-refractivity contribution in [3.63, 3.8) is 0 Å². The summed E-state index contributed by atoms with van der Waals surface area (Å²) in [6.45, 7) is -1.03. The number of methoxy groups -OCH3 is 1. The van der Waals surface area contributed by atoms with Crippen LogP contribution in [0.2, 0.25) is 0 Å². The second-order valence-electron chi connectivity index (χ2n) is 6.94. The lowest BCUT2D eigenvalue weighted by Crippen LogP contribution is -2.30. The topological polar surface area (TPSA) is 90.0 Å². The highest BCUT2D eigenvalue weighted by atomic mass is 32.2. The van der Waals surface area contributed by atoms with Crippen molar-refractivity contribution in [1.29, 1.82) is 0 Å². The number of benzene rings is 2. The SMILES string of the molecule is CCc1nnc(CSC2=N/C(=C\c3ccc(OC)cc3)C(=O)N2c2ccc(OC(F)F)cc2)o1. The second kappa shape index (κ2) is 10.5. The van der Waals surface area contributed by atoms with Crippen molar-refractivity contribution in [3.05, 3.63) is 71.6 Å². The Labute approximate surface area is 198 Å². The van der Waals surface area contributed by atoms with Gasteiger partial charge in [-0.3, -0.25) is 9.69 Å². The molecule has 2 heterocycles. The number of halogens is 2. The maximum atomic E-state index is 13.3. The Morgan fingerprint density at radius 3 is 2.35 bits per heavy atom. The van der Waals surface area contributed by atoms with Crippen LogP contribution in [0.4, 0.5) is 14.5 Å². The van der Waals surface area contributed by atoms with E-state index in [4.69, 9.17) is 9.15 Å². The fraction of sp³-hybridized carbons (Fsp3) is 0.217. The van der Waals surface area contributed by atoms with Crippen LogP contribution in [0.5, 0.6) is 11.5 Å². The van der Waals surface area contributed by atoms with Gasteiger partial charge in [0.2, 0.25) is 11.8 Å². The number of amides is 1. The van der Waals surface area contributed by atoms with E-state index in [1.54, 1.807) is 25.3 Å². The van der Waals surface area contributed by atoms with Crippen LogP contribution in [0, 0.1) is 0 Å². The van der Waals surface area contributed by atoms with E-state index in [9.17, 15) is 13.6 Å². The highest BCUT2D eigenvalue weighted by Gasteiger charge is 2.32. The van der Waals surface area contributed by atoms with Gasteiger partial charge in [-0.15, -0.1) is 10.2 Å². The van der Waals surface area contributed by atoms with Gasteiger partial charge in [0.05, 0.1) is 18.6 Å². The molecule has 1 aliphatic rings. The third-order valence-corrected chi connectivity index (χ3v) is 5.63. The predicted octanol–water partition coefficient (Wildman–Crippen LogP) is 4.92. The third kappa shape index (κ3) is 5.42. The van der Waals surface area contributed by atoms with Crippen LogP contribution in [0.15, 0.2) is 63.6 Å². The number of aryl methyl sites for hydroxylation is 1. The van der Waals surface area contributed by atoms with E-state index in [1.807, 2.05) is 19.1 Å². The van der Waals surface area contributed by atoms with Gasteiger partial charge in [0, 0.05) is 6.42 Å². The number of hydrogen-bond acceptors (Lipinski definition) is 8. The minimum Gasteiger partial charge on any atom is -0.497 e. The van der Waals surface area contributed by atoms with Crippen LogP contribution in [-0.2, 0) is 17.0 Å². The molecular weight excluding hydrogens is 466 g/mol. The number of amidine groups is 1. The fourth-order valence-corrected chi connectivity index (χ4v) is 3.92. The number of aromatic nitrogens is 2. The highest BCUT2D eigenvalue weighted by Crippen LogP contribution is 2.32. The van der Waals surface area contributed by atoms with Gasteiger partial charge in [-0.2, -0.15) is 8.78 Å². The van der Waals surface area contributed by atoms with E-state index >= 15 is 0 Å². The lowest BCUT2D eigenvalue weighted by molar-refractivity contribution is -0.113. The summed E-state index contributed by atoms with van der Waals surface area (Å²) in [6.07, 6.45) is 2.28. The molecule has 0 fully saturated rings. The van der Waals surface area contributed by atoms with Crippen molar-refractivity contribution < 1.29 is 27.5 Å². The highest BCUT2D eigenvalue weighted by molar-refractivity contribution is 8.13. The fourth-order valence-electron chi connectivity index (χ4n) is 3.07. The van der Waals surface area contributed by atoms with E-state index in [0.29, 0.717) is 40.6 Å². The van der Waals surface area contributed by atoms with Gasteiger partial charge in [-0.25, -0.2) is 4.99 Å². The summed E-state index contributed by atoms with van der Waals surface area (Å²) < 4.78 is 40.1. The Balaban J connectivity index is 1.62. The van der Waals surface area contributed by atoms with Gasteiger partial charge in [0.1, 0.15) is 17.2 Å². The Morgan fingerprint density at radius 2 is 1.74 bits per heavy atom. The molecule has 0 saturated carbocycles. The number of anilines is 1. The molecule has 11 heteroatoms. The van der Waals surface area contributed by atoms with E-state index in [2.05, 4.69) is 19.9 Å². The minimum atomic E-state index is -2.94. The van der Waals surface area contributed by atoms with Crippen LogP contribution in [0.25, 0.3) is 6.08 Å². The number of nitrogens with zero attached hydrogens (tertiary/aromatic N) is 4. The van der Waals surface area contributed by atoms with Gasteiger partial charge >= 0.3 is 6.61 Å². The molecule has 0 aliphatic carbocycles. The summed E-state index contributed by atoms with van der Waals surface area (Å²) in [7, 11) is 1.57. The molecule has 2 aromatic carbocycles. The predicted molar refractivity (Wildman–Crippen MR) is 124 cm³/mol. The lowest BCUT2D eigenvalue weighted by atomic mass is 10.2. The Kier molecular flexibility index (Phi) is 7.21. The Morgan fingerprint density at radius 1 is 1.06 bits per heavy atom. The Hall–Kier alpha value is -3.73. The standard InChI is InChI=1S/C23H20F2N4O4S/c1-3-19-27-28-20(33-19)13-34-23-26-18(12-14-4-8-16(31-2)9-5-14)21(30)29(23)15-6-10-17(11-7-15)32-22(24)25/h4-12,22H,3,13H2,1-2H3/b18-12-. The van der Waals surface area contributed by atoms with Gasteiger partial charge in [0.25, 0.3) is 5.91 Å². The summed E-state index contributed by atoms with van der Waals surface area (Å²) in [5.41, 5.74) is 1.44. The monoisotopic (exact) mass is 486 g/mol. The number of rotatable bonds is 8. The molecular formula is C23H20F2N4O4S. The molecule has 34 heavy (non-hydrogen) atoms. The quantitative estimate of drug-likeness (QED) is 0.418. The van der Waals surface area contributed by atoms with Crippen molar-refractivity contribution in [3.8, 4) is 11.5 Å². The molecule has 4 rings (SSSR count). The third-order valence-electron chi connectivity index (χ3n) is 4.70. The summed E-state index contributed by atoms with van der Waals surface area (Å²) in [6, 6.07) is 13.0. The van der Waals surface area contributed by atoms with Gasteiger partial charge in [0.15, 0.2) is 5.17 Å². The summed E-state index contributed by atoms with van der Waals surface area (Å²) in [5.74, 6) is 1.55. The van der Waals surface area contributed by atoms with Crippen molar-refractivity contribution in [2.45, 2.75) is 25.7 Å². The minimum absolute atomic E-state index is 0.0107. The molecule has 0 radical (unpaired) electrons. The molecule has 0 bridgehead atoms. The molecule has 0 unspecified atom stereocenters. The number of alkyl halides is 2. The van der Waals surface area contributed by atoms with E-state index in [0.717, 1.165) is 5.56 Å². The maximum absolute atomic E-state index is 13.3. The van der Waals surface area contributed by atoms with Crippen LogP contribution in [-0.4, -0.2) is 35.0 Å². The smallest absolute Gasteiger partial charge is 0.387 e. The first-order valence-electron chi connectivity index (χ1n) is 10.2. The zero-order chi connectivity index (χ0) is 24.1. The van der Waals surface area contributed by atoms with Crippen molar-refractivity contribution in [2.75, 3.05) is 12.0 Å². The first-order valence-corrected chi connectivity index (χ1v) is 11.2. The number of carbonyl (C=O) groups is 1. The average molecular weight is 487 g/mol. The first kappa shape index (κ1) is 23.4. The molecule has 8 nitrogen and oxygen atoms in total. The number of thioether (sulfide) groups is 1. The maximum Gasteiger partial charge on any atom is 0.387 e. The zero-order valence-corrected chi connectivity index (χ0v) is 19.1. The van der Waals surface area contributed by atoms with E-state index in [-0.39, 0.29) is 17.4 Å². The van der Waals surface area contributed by atoms with Gasteiger partial charge < -0.3 is 13.9 Å². The van der Waals surface area contributed by atoms with Crippen LogP contribution >= 0.6 is 11.8 Å². The van der Waals surface area contributed by atoms with Crippen LogP contribution in [0.3, 0.4) is 0 Å². The van der Waals surface area contributed by atoms with Crippen molar-refractivity contribution in [2.24, 2.45) is 4.99 Å². The second-order valence-corrected chi connectivity index (χ2v) is 7.88. The molecule has 1 amide bonds. The zero-order valence-electron chi connectivity index (χ0n) is 18.3. The molecule has 3 aromatic rings. The molecule has 0 atom stereocenters. The molecule has 0 spiro atoms. The number of aliphatic imine (C=N–C) groups is 1. The Bertz CT molecular complexity index is 1210. The largest absolute Gasteiger partial charge is 0.497 e. The molecule has 176 valence electrons. The molecule has 1 aliphatic heterocycles. The van der Waals surface area contributed by atoms with Crippen molar-refractivity contribution in [1.82, 2.24) is 10.2 Å². The normalized spacial score (nSPS) is 14.7. The lowest BCUT2D eigenvalue weighted by Gasteiger charge is -2.18. The summed E-state index contributed by atoms with van der Waals surface area (Å²) >= 11 is 1.25. The van der Waals surface area contributed by atoms with Gasteiger partial charge in [-0.05, 0) is 48.0 Å². The van der Waals surface area contributed by atoms with Crippen molar-refractivity contribution >= 4 is 34.6 Å².